The number of rotatable bonds is 0. The second kappa shape index (κ2) is 3.10. The van der Waals surface area contributed by atoms with Gasteiger partial charge in [0.15, 0.2) is 11.3 Å². The zero-order valence-electron chi connectivity index (χ0n) is 10.3. The molecule has 0 aliphatic heterocycles. The SMILES string of the molecule is Cc1ccn2c(c1)nc1nc3cc(C)ccn3c12. The van der Waals surface area contributed by atoms with E-state index in [0.29, 0.717) is 0 Å². The third-order valence-corrected chi connectivity index (χ3v) is 3.28. The largest absolute Gasteiger partial charge is 0.284 e. The molecule has 4 aromatic heterocycles. The van der Waals surface area contributed by atoms with Crippen LogP contribution < -0.4 is 0 Å². The van der Waals surface area contributed by atoms with Gasteiger partial charge >= 0.3 is 0 Å². The van der Waals surface area contributed by atoms with Gasteiger partial charge in [0.25, 0.3) is 0 Å². The van der Waals surface area contributed by atoms with Gasteiger partial charge in [0.05, 0.1) is 0 Å². The summed E-state index contributed by atoms with van der Waals surface area (Å²) in [7, 11) is 0. The number of aromatic nitrogens is 4. The van der Waals surface area contributed by atoms with Gasteiger partial charge in [-0.1, -0.05) is 0 Å². The molecular weight excluding hydrogens is 224 g/mol. The van der Waals surface area contributed by atoms with Crippen molar-refractivity contribution in [2.24, 2.45) is 0 Å². The van der Waals surface area contributed by atoms with E-state index in [0.717, 1.165) is 22.6 Å². The second-order valence-electron chi connectivity index (χ2n) is 4.74. The lowest BCUT2D eigenvalue weighted by molar-refractivity contribution is 1.11. The Balaban J connectivity index is 2.25. The van der Waals surface area contributed by atoms with Crippen LogP contribution in [0.1, 0.15) is 11.1 Å². The van der Waals surface area contributed by atoms with Crippen LogP contribution in [-0.2, 0) is 0 Å². The fourth-order valence-corrected chi connectivity index (χ4v) is 2.38. The van der Waals surface area contributed by atoms with Crippen LogP contribution in [0, 0.1) is 13.8 Å². The van der Waals surface area contributed by atoms with Crippen molar-refractivity contribution in [3.8, 4) is 0 Å². The van der Waals surface area contributed by atoms with Crippen molar-refractivity contribution in [2.75, 3.05) is 0 Å². The van der Waals surface area contributed by atoms with Crippen LogP contribution in [0.15, 0.2) is 36.7 Å². The quantitative estimate of drug-likeness (QED) is 0.470. The Kier molecular flexibility index (Phi) is 1.66. The summed E-state index contributed by atoms with van der Waals surface area (Å²) in [6.07, 6.45) is 4.10. The lowest BCUT2D eigenvalue weighted by Gasteiger charge is -1.99. The number of fused-ring (bicyclic) bond motifs is 5. The van der Waals surface area contributed by atoms with E-state index in [1.165, 1.54) is 11.1 Å². The first-order chi connectivity index (χ1) is 8.72. The summed E-state index contributed by atoms with van der Waals surface area (Å²) in [5.41, 5.74) is 6.14. The number of imidazole rings is 2. The monoisotopic (exact) mass is 236 g/mol. The van der Waals surface area contributed by atoms with Crippen molar-refractivity contribution >= 4 is 22.6 Å². The van der Waals surface area contributed by atoms with E-state index >= 15 is 0 Å². The van der Waals surface area contributed by atoms with Gasteiger partial charge in [-0.3, -0.25) is 8.80 Å². The Morgan fingerprint density at radius 2 is 1.33 bits per heavy atom. The molecule has 0 amide bonds. The molecule has 0 radical (unpaired) electrons. The van der Waals surface area contributed by atoms with Crippen molar-refractivity contribution in [3.63, 3.8) is 0 Å². The maximum atomic E-state index is 4.57. The van der Waals surface area contributed by atoms with Crippen molar-refractivity contribution < 1.29 is 0 Å². The molecule has 0 bridgehead atoms. The number of pyridine rings is 2. The molecule has 4 heteroatoms. The standard InChI is InChI=1S/C14H12N4/c1-9-3-5-17-11(7-9)15-13-14(17)18-6-4-10(2)8-12(18)16-13/h3-8H,1-2H3. The molecule has 4 aromatic rings. The lowest BCUT2D eigenvalue weighted by Crippen LogP contribution is -1.91. The molecule has 4 heterocycles. The number of nitrogens with zero attached hydrogens (tertiary/aromatic N) is 4. The van der Waals surface area contributed by atoms with Gasteiger partial charge < -0.3 is 0 Å². The molecule has 0 aliphatic carbocycles. The number of hydrogen-bond acceptors (Lipinski definition) is 2. The molecule has 0 aromatic carbocycles. The molecule has 88 valence electrons. The van der Waals surface area contributed by atoms with Crippen molar-refractivity contribution in [1.29, 1.82) is 0 Å². The highest BCUT2D eigenvalue weighted by Crippen LogP contribution is 2.19. The second-order valence-corrected chi connectivity index (χ2v) is 4.74. The van der Waals surface area contributed by atoms with Crippen LogP contribution in [0.2, 0.25) is 0 Å². The first kappa shape index (κ1) is 9.65. The Bertz CT molecular complexity index is 827. The van der Waals surface area contributed by atoms with Gasteiger partial charge in [-0.15, -0.1) is 0 Å². The van der Waals surface area contributed by atoms with E-state index < -0.39 is 0 Å². The Morgan fingerprint density at radius 1 is 0.833 bits per heavy atom. The zero-order chi connectivity index (χ0) is 12.3. The van der Waals surface area contributed by atoms with Gasteiger partial charge in [0, 0.05) is 12.4 Å². The smallest absolute Gasteiger partial charge is 0.198 e. The third-order valence-electron chi connectivity index (χ3n) is 3.28. The first-order valence-electron chi connectivity index (χ1n) is 5.95. The Morgan fingerprint density at radius 3 is 1.83 bits per heavy atom. The van der Waals surface area contributed by atoms with Crippen molar-refractivity contribution in [3.05, 3.63) is 47.8 Å². The van der Waals surface area contributed by atoms with E-state index in [1.807, 2.05) is 12.4 Å². The van der Waals surface area contributed by atoms with Crippen LogP contribution in [0.25, 0.3) is 22.6 Å². The molecule has 0 spiro atoms. The van der Waals surface area contributed by atoms with Gasteiger partial charge in [0.2, 0.25) is 0 Å². The van der Waals surface area contributed by atoms with E-state index in [1.54, 1.807) is 0 Å². The summed E-state index contributed by atoms with van der Waals surface area (Å²) >= 11 is 0. The lowest BCUT2D eigenvalue weighted by atomic mass is 10.3. The maximum absolute atomic E-state index is 4.57. The molecule has 0 saturated heterocycles. The van der Waals surface area contributed by atoms with Crippen molar-refractivity contribution in [1.82, 2.24) is 18.8 Å². The molecule has 0 atom stereocenters. The molecule has 0 saturated carbocycles. The minimum absolute atomic E-state index is 0.797. The average molecular weight is 236 g/mol. The van der Waals surface area contributed by atoms with Crippen LogP contribution in [-0.4, -0.2) is 18.8 Å². The van der Waals surface area contributed by atoms with E-state index in [9.17, 15) is 0 Å². The molecule has 4 nitrogen and oxygen atoms in total. The van der Waals surface area contributed by atoms with E-state index in [2.05, 4.69) is 56.9 Å². The summed E-state index contributed by atoms with van der Waals surface area (Å²) in [5.74, 6) is 0. The zero-order valence-corrected chi connectivity index (χ0v) is 10.3. The Labute approximate surface area is 104 Å². The fraction of sp³-hybridized carbons (Fsp3) is 0.143. The minimum Gasteiger partial charge on any atom is -0.284 e. The highest BCUT2D eigenvalue weighted by molar-refractivity contribution is 5.79. The van der Waals surface area contributed by atoms with Crippen molar-refractivity contribution in [2.45, 2.75) is 13.8 Å². The van der Waals surface area contributed by atoms with E-state index in [-0.39, 0.29) is 0 Å². The molecule has 0 fully saturated rings. The molecule has 18 heavy (non-hydrogen) atoms. The maximum Gasteiger partial charge on any atom is 0.198 e. The first-order valence-corrected chi connectivity index (χ1v) is 5.95. The predicted octanol–water partition coefficient (Wildman–Crippen LogP) is 2.75. The summed E-state index contributed by atoms with van der Waals surface area (Å²) in [4.78, 5) is 9.15. The summed E-state index contributed by atoms with van der Waals surface area (Å²) in [6, 6.07) is 8.31. The van der Waals surface area contributed by atoms with E-state index in [4.69, 9.17) is 0 Å². The van der Waals surface area contributed by atoms with Crippen LogP contribution in [0.4, 0.5) is 0 Å². The minimum atomic E-state index is 0.797. The molecule has 0 N–H and O–H groups in total. The highest BCUT2D eigenvalue weighted by atomic mass is 15.2. The van der Waals surface area contributed by atoms with Gasteiger partial charge in [-0.25, -0.2) is 9.97 Å². The highest BCUT2D eigenvalue weighted by Gasteiger charge is 2.11. The summed E-state index contributed by atoms with van der Waals surface area (Å²) in [6.45, 7) is 4.14. The topological polar surface area (TPSA) is 34.6 Å². The van der Waals surface area contributed by atoms with Gasteiger partial charge in [-0.05, 0) is 49.2 Å². The summed E-state index contributed by atoms with van der Waals surface area (Å²) < 4.78 is 4.16. The summed E-state index contributed by atoms with van der Waals surface area (Å²) in [5, 5.41) is 0. The van der Waals surface area contributed by atoms with Crippen LogP contribution in [0.3, 0.4) is 0 Å². The number of aryl methyl sites for hydroxylation is 2. The molecule has 0 unspecified atom stereocenters. The normalized spacial score (nSPS) is 11.9. The number of hydrogen-bond donors (Lipinski definition) is 0. The fourth-order valence-electron chi connectivity index (χ4n) is 2.38. The van der Waals surface area contributed by atoms with Crippen LogP contribution >= 0.6 is 0 Å². The van der Waals surface area contributed by atoms with Gasteiger partial charge in [-0.2, -0.15) is 0 Å². The molecular formula is C14H12N4. The molecule has 0 aliphatic rings. The Hall–Kier alpha value is -2.36. The van der Waals surface area contributed by atoms with Gasteiger partial charge in [0.1, 0.15) is 11.3 Å². The predicted molar refractivity (Wildman–Crippen MR) is 70.9 cm³/mol. The van der Waals surface area contributed by atoms with Crippen LogP contribution in [0.5, 0.6) is 0 Å². The molecule has 4 rings (SSSR count). The average Bonchev–Trinajstić information content (AvgIpc) is 2.82. The third kappa shape index (κ3) is 1.14.